The van der Waals surface area contributed by atoms with Gasteiger partial charge in [-0.05, 0) is 24.8 Å². The van der Waals surface area contributed by atoms with Crippen LogP contribution < -0.4 is 10.6 Å². The molecule has 0 aliphatic heterocycles. The van der Waals surface area contributed by atoms with Gasteiger partial charge in [-0.3, -0.25) is 19.7 Å². The SMILES string of the molecule is COC(=O)CNC(=O)C1(N[C@@H](Cc2ccccc2)C(=O)OC)CCCCC1. The van der Waals surface area contributed by atoms with Crippen LogP contribution in [0.4, 0.5) is 0 Å². The Kier molecular flexibility index (Phi) is 7.79. The summed E-state index contributed by atoms with van der Waals surface area (Å²) in [5, 5.41) is 5.91. The number of carbonyl (C=O) groups is 3. The standard InChI is InChI=1S/C20H28N2O5/c1-26-17(23)14-21-19(25)20(11-7-4-8-12-20)22-16(18(24)27-2)13-15-9-5-3-6-10-15/h3,5-6,9-10,16,22H,4,7-8,11-14H2,1-2H3,(H,21,25)/t16-/m0/s1. The molecule has 0 heterocycles. The molecule has 0 radical (unpaired) electrons. The van der Waals surface area contributed by atoms with Crippen LogP contribution in [0.15, 0.2) is 30.3 Å². The number of rotatable bonds is 8. The van der Waals surface area contributed by atoms with Gasteiger partial charge in [0.1, 0.15) is 12.6 Å². The van der Waals surface area contributed by atoms with Crippen molar-refractivity contribution >= 4 is 17.8 Å². The lowest BCUT2D eigenvalue weighted by Crippen LogP contribution is -2.63. The number of hydrogen-bond donors (Lipinski definition) is 2. The van der Waals surface area contributed by atoms with Gasteiger partial charge in [-0.1, -0.05) is 49.6 Å². The summed E-state index contributed by atoms with van der Waals surface area (Å²) in [6, 6.07) is 8.93. The minimum atomic E-state index is -0.903. The summed E-state index contributed by atoms with van der Waals surface area (Å²) in [6.45, 7) is -0.194. The molecular formula is C20H28N2O5. The first kappa shape index (κ1) is 20.9. The van der Waals surface area contributed by atoms with Gasteiger partial charge >= 0.3 is 11.9 Å². The number of hydrogen-bond acceptors (Lipinski definition) is 6. The topological polar surface area (TPSA) is 93.7 Å². The quantitative estimate of drug-likeness (QED) is 0.665. The largest absolute Gasteiger partial charge is 0.468 e. The summed E-state index contributed by atoms with van der Waals surface area (Å²) in [6.07, 6.45) is 4.40. The summed E-state index contributed by atoms with van der Waals surface area (Å²) in [4.78, 5) is 36.7. The fourth-order valence-electron chi connectivity index (χ4n) is 3.50. The first-order chi connectivity index (χ1) is 13.0. The first-order valence-electron chi connectivity index (χ1n) is 9.25. The zero-order valence-electron chi connectivity index (χ0n) is 16.0. The zero-order chi connectivity index (χ0) is 19.7. The number of esters is 2. The maximum Gasteiger partial charge on any atom is 0.325 e. The molecule has 1 atom stereocenters. The van der Waals surface area contributed by atoms with Crippen molar-refractivity contribution in [2.75, 3.05) is 20.8 Å². The second-order valence-electron chi connectivity index (χ2n) is 6.81. The molecule has 27 heavy (non-hydrogen) atoms. The summed E-state index contributed by atoms with van der Waals surface area (Å²) in [7, 11) is 2.61. The summed E-state index contributed by atoms with van der Waals surface area (Å²) >= 11 is 0. The predicted molar refractivity (Wildman–Crippen MR) is 99.9 cm³/mol. The van der Waals surface area contributed by atoms with Crippen molar-refractivity contribution in [2.45, 2.75) is 50.1 Å². The number of ether oxygens (including phenoxy) is 2. The van der Waals surface area contributed by atoms with Gasteiger partial charge in [-0.15, -0.1) is 0 Å². The summed E-state index contributed by atoms with van der Waals surface area (Å²) in [5.74, 6) is -1.21. The van der Waals surface area contributed by atoms with Crippen molar-refractivity contribution in [3.05, 3.63) is 35.9 Å². The average Bonchev–Trinajstić information content (AvgIpc) is 2.72. The zero-order valence-corrected chi connectivity index (χ0v) is 16.0. The molecule has 1 amide bonds. The Hall–Kier alpha value is -2.41. The van der Waals surface area contributed by atoms with Crippen LogP contribution in [-0.4, -0.2) is 50.2 Å². The number of nitrogens with one attached hydrogen (secondary N) is 2. The smallest absolute Gasteiger partial charge is 0.325 e. The van der Waals surface area contributed by atoms with E-state index in [1.165, 1.54) is 14.2 Å². The molecule has 0 bridgehead atoms. The van der Waals surface area contributed by atoms with E-state index in [-0.39, 0.29) is 12.5 Å². The lowest BCUT2D eigenvalue weighted by Gasteiger charge is -2.39. The van der Waals surface area contributed by atoms with E-state index < -0.39 is 23.5 Å². The van der Waals surface area contributed by atoms with Gasteiger partial charge in [0.05, 0.1) is 19.8 Å². The molecular weight excluding hydrogens is 348 g/mol. The lowest BCUT2D eigenvalue weighted by atomic mass is 9.80. The maximum absolute atomic E-state index is 12.9. The van der Waals surface area contributed by atoms with Crippen molar-refractivity contribution < 1.29 is 23.9 Å². The van der Waals surface area contributed by atoms with Crippen LogP contribution in [0.1, 0.15) is 37.7 Å². The number of amides is 1. The first-order valence-corrected chi connectivity index (χ1v) is 9.25. The third-order valence-corrected chi connectivity index (χ3v) is 4.98. The normalized spacial score (nSPS) is 16.8. The molecule has 2 rings (SSSR count). The van der Waals surface area contributed by atoms with E-state index in [1.54, 1.807) is 0 Å². The van der Waals surface area contributed by atoms with Crippen LogP contribution in [-0.2, 0) is 30.3 Å². The Morgan fingerprint density at radius 1 is 1.04 bits per heavy atom. The van der Waals surface area contributed by atoms with Gasteiger partial charge in [0.25, 0.3) is 0 Å². The molecule has 1 aromatic carbocycles. The van der Waals surface area contributed by atoms with Crippen LogP contribution in [0.2, 0.25) is 0 Å². The van der Waals surface area contributed by atoms with Crippen LogP contribution in [0.25, 0.3) is 0 Å². The van der Waals surface area contributed by atoms with Gasteiger partial charge in [0, 0.05) is 0 Å². The Morgan fingerprint density at radius 2 is 1.70 bits per heavy atom. The summed E-state index contributed by atoms with van der Waals surface area (Å²) in [5.41, 5.74) is 0.0706. The van der Waals surface area contributed by atoms with Gasteiger partial charge in [0.15, 0.2) is 0 Å². The number of carbonyl (C=O) groups excluding carboxylic acids is 3. The Labute approximate surface area is 159 Å². The highest BCUT2D eigenvalue weighted by Gasteiger charge is 2.42. The molecule has 0 unspecified atom stereocenters. The molecule has 1 aliphatic rings. The van der Waals surface area contributed by atoms with Gasteiger partial charge in [0.2, 0.25) is 5.91 Å². The van der Waals surface area contributed by atoms with Crippen LogP contribution >= 0.6 is 0 Å². The van der Waals surface area contributed by atoms with Crippen LogP contribution in [0, 0.1) is 0 Å². The van der Waals surface area contributed by atoms with Crippen LogP contribution in [0.5, 0.6) is 0 Å². The van der Waals surface area contributed by atoms with Gasteiger partial charge in [-0.25, -0.2) is 0 Å². The summed E-state index contributed by atoms with van der Waals surface area (Å²) < 4.78 is 9.55. The van der Waals surface area contributed by atoms with E-state index >= 15 is 0 Å². The fraction of sp³-hybridized carbons (Fsp3) is 0.550. The van der Waals surface area contributed by atoms with E-state index in [4.69, 9.17) is 4.74 Å². The van der Waals surface area contributed by atoms with Crippen molar-refractivity contribution in [3.8, 4) is 0 Å². The Morgan fingerprint density at radius 3 is 2.30 bits per heavy atom. The van der Waals surface area contributed by atoms with E-state index in [1.807, 2.05) is 30.3 Å². The predicted octanol–water partition coefficient (Wildman–Crippen LogP) is 1.35. The molecule has 0 aromatic heterocycles. The van der Waals surface area contributed by atoms with Crippen LogP contribution in [0.3, 0.4) is 0 Å². The van der Waals surface area contributed by atoms with Gasteiger partial charge in [-0.2, -0.15) is 0 Å². The fourth-order valence-corrected chi connectivity index (χ4v) is 3.50. The van der Waals surface area contributed by atoms with Crippen molar-refractivity contribution in [1.82, 2.24) is 10.6 Å². The highest BCUT2D eigenvalue weighted by molar-refractivity contribution is 5.90. The highest BCUT2D eigenvalue weighted by Crippen LogP contribution is 2.29. The Bertz CT molecular complexity index is 641. The van der Waals surface area contributed by atoms with Crippen molar-refractivity contribution in [3.63, 3.8) is 0 Å². The number of benzene rings is 1. The minimum absolute atomic E-state index is 0.194. The average molecular weight is 376 g/mol. The molecule has 1 saturated carbocycles. The molecule has 7 nitrogen and oxygen atoms in total. The van der Waals surface area contributed by atoms with Crippen molar-refractivity contribution in [2.24, 2.45) is 0 Å². The molecule has 1 aliphatic carbocycles. The van der Waals surface area contributed by atoms with E-state index in [2.05, 4.69) is 15.4 Å². The second kappa shape index (κ2) is 10.1. The minimum Gasteiger partial charge on any atom is -0.468 e. The molecule has 148 valence electrons. The molecule has 1 fully saturated rings. The molecule has 2 N–H and O–H groups in total. The molecule has 7 heteroatoms. The van der Waals surface area contributed by atoms with Gasteiger partial charge < -0.3 is 14.8 Å². The monoisotopic (exact) mass is 376 g/mol. The second-order valence-corrected chi connectivity index (χ2v) is 6.81. The van der Waals surface area contributed by atoms with Crippen molar-refractivity contribution in [1.29, 1.82) is 0 Å². The highest BCUT2D eigenvalue weighted by atomic mass is 16.5. The van der Waals surface area contributed by atoms with E-state index in [9.17, 15) is 14.4 Å². The van der Waals surface area contributed by atoms with E-state index in [0.717, 1.165) is 24.8 Å². The van der Waals surface area contributed by atoms with E-state index in [0.29, 0.717) is 19.3 Å². The lowest BCUT2D eigenvalue weighted by molar-refractivity contribution is -0.146. The molecule has 0 saturated heterocycles. The maximum atomic E-state index is 12.9. The molecule has 1 aromatic rings. The third-order valence-electron chi connectivity index (χ3n) is 4.98. The molecule has 0 spiro atoms. The number of methoxy groups -OCH3 is 2. The third kappa shape index (κ3) is 5.79. The Balaban J connectivity index is 2.18.